The molecule has 0 aromatic heterocycles. The molecule has 0 unspecified atom stereocenters. The number of rotatable bonds is 1. The average molecular weight is 203 g/mol. The van der Waals surface area contributed by atoms with Crippen molar-refractivity contribution >= 4 is 11.8 Å². The standard InChI is InChI=1S/C12H13NS/c13-9-10-2-1-3-12(8-10)11-4-6-14-7-5-11/h1-3,8,11H,4-7H2. The van der Waals surface area contributed by atoms with Crippen LogP contribution in [-0.4, -0.2) is 11.5 Å². The zero-order valence-electron chi connectivity index (χ0n) is 8.07. The summed E-state index contributed by atoms with van der Waals surface area (Å²) in [6, 6.07) is 10.3. The molecule has 1 saturated heterocycles. The lowest BCUT2D eigenvalue weighted by Gasteiger charge is -2.21. The fourth-order valence-electron chi connectivity index (χ4n) is 1.89. The van der Waals surface area contributed by atoms with Crippen LogP contribution in [-0.2, 0) is 0 Å². The van der Waals surface area contributed by atoms with E-state index >= 15 is 0 Å². The van der Waals surface area contributed by atoms with Crippen molar-refractivity contribution in [1.29, 1.82) is 5.26 Å². The first-order chi connectivity index (χ1) is 6.90. The molecule has 0 N–H and O–H groups in total. The maximum absolute atomic E-state index is 8.81. The number of hydrogen-bond acceptors (Lipinski definition) is 2. The van der Waals surface area contributed by atoms with E-state index in [9.17, 15) is 0 Å². The van der Waals surface area contributed by atoms with Gasteiger partial charge in [0.1, 0.15) is 0 Å². The predicted octanol–water partition coefficient (Wildman–Crippen LogP) is 3.17. The van der Waals surface area contributed by atoms with Crippen LogP contribution in [0.5, 0.6) is 0 Å². The van der Waals surface area contributed by atoms with Crippen LogP contribution in [0.1, 0.15) is 29.9 Å². The fraction of sp³-hybridized carbons (Fsp3) is 0.417. The quantitative estimate of drug-likeness (QED) is 0.700. The van der Waals surface area contributed by atoms with E-state index in [0.29, 0.717) is 5.92 Å². The topological polar surface area (TPSA) is 23.8 Å². The summed E-state index contributed by atoms with van der Waals surface area (Å²) >= 11 is 2.04. The first-order valence-corrected chi connectivity index (χ1v) is 6.13. The van der Waals surface area contributed by atoms with Crippen LogP contribution in [0.25, 0.3) is 0 Å². The van der Waals surface area contributed by atoms with Crippen molar-refractivity contribution in [3.63, 3.8) is 0 Å². The highest BCUT2D eigenvalue weighted by Gasteiger charge is 2.15. The largest absolute Gasteiger partial charge is 0.192 e. The van der Waals surface area contributed by atoms with Crippen LogP contribution in [0.4, 0.5) is 0 Å². The van der Waals surface area contributed by atoms with E-state index in [1.807, 2.05) is 30.0 Å². The van der Waals surface area contributed by atoms with E-state index in [-0.39, 0.29) is 0 Å². The Morgan fingerprint density at radius 3 is 2.79 bits per heavy atom. The number of hydrogen-bond donors (Lipinski definition) is 0. The summed E-state index contributed by atoms with van der Waals surface area (Å²) in [5.74, 6) is 3.22. The molecule has 14 heavy (non-hydrogen) atoms. The Morgan fingerprint density at radius 1 is 1.29 bits per heavy atom. The number of nitriles is 1. The van der Waals surface area contributed by atoms with Gasteiger partial charge in [-0.3, -0.25) is 0 Å². The Morgan fingerprint density at radius 2 is 2.07 bits per heavy atom. The molecule has 0 atom stereocenters. The minimum Gasteiger partial charge on any atom is -0.192 e. The SMILES string of the molecule is N#Cc1cccc(C2CCSCC2)c1. The van der Waals surface area contributed by atoms with Gasteiger partial charge in [0.15, 0.2) is 0 Å². The zero-order chi connectivity index (χ0) is 9.80. The molecule has 0 radical (unpaired) electrons. The lowest BCUT2D eigenvalue weighted by Crippen LogP contribution is -2.07. The third-order valence-electron chi connectivity index (χ3n) is 2.71. The van der Waals surface area contributed by atoms with E-state index in [1.165, 1.54) is 29.9 Å². The summed E-state index contributed by atoms with van der Waals surface area (Å²) in [5.41, 5.74) is 2.14. The molecule has 1 aliphatic rings. The summed E-state index contributed by atoms with van der Waals surface area (Å²) in [5, 5.41) is 8.81. The predicted molar refractivity (Wildman–Crippen MR) is 60.5 cm³/mol. The minimum absolute atomic E-state index is 0.685. The van der Waals surface area contributed by atoms with E-state index in [0.717, 1.165) is 5.56 Å². The van der Waals surface area contributed by atoms with Crippen LogP contribution >= 0.6 is 11.8 Å². The Hall–Kier alpha value is -0.940. The van der Waals surface area contributed by atoms with Gasteiger partial charge in [0.05, 0.1) is 11.6 Å². The number of benzene rings is 1. The molecular formula is C12H13NS. The third kappa shape index (κ3) is 2.10. The normalized spacial score (nSPS) is 17.6. The van der Waals surface area contributed by atoms with Crippen molar-refractivity contribution in [2.24, 2.45) is 0 Å². The van der Waals surface area contributed by atoms with Crippen LogP contribution in [0, 0.1) is 11.3 Å². The Balaban J connectivity index is 2.18. The van der Waals surface area contributed by atoms with Crippen molar-refractivity contribution in [2.45, 2.75) is 18.8 Å². The first-order valence-electron chi connectivity index (χ1n) is 4.98. The van der Waals surface area contributed by atoms with E-state index in [4.69, 9.17) is 5.26 Å². The van der Waals surface area contributed by atoms with Gasteiger partial charge in [-0.25, -0.2) is 0 Å². The lowest BCUT2D eigenvalue weighted by molar-refractivity contribution is 0.637. The molecule has 72 valence electrons. The van der Waals surface area contributed by atoms with E-state index in [2.05, 4.69) is 12.1 Å². The molecule has 0 amide bonds. The van der Waals surface area contributed by atoms with Crippen molar-refractivity contribution in [3.8, 4) is 6.07 Å². The minimum atomic E-state index is 0.685. The second-order valence-electron chi connectivity index (χ2n) is 3.62. The highest BCUT2D eigenvalue weighted by molar-refractivity contribution is 7.99. The van der Waals surface area contributed by atoms with Gasteiger partial charge in [-0.1, -0.05) is 12.1 Å². The molecule has 1 aromatic carbocycles. The fourth-order valence-corrected chi connectivity index (χ4v) is 3.00. The van der Waals surface area contributed by atoms with Crippen LogP contribution in [0.2, 0.25) is 0 Å². The Labute approximate surface area is 89.1 Å². The number of thioether (sulfide) groups is 1. The maximum atomic E-state index is 8.81. The Bertz CT molecular complexity index is 348. The molecule has 1 fully saturated rings. The van der Waals surface area contributed by atoms with Gasteiger partial charge >= 0.3 is 0 Å². The maximum Gasteiger partial charge on any atom is 0.0991 e. The van der Waals surface area contributed by atoms with Crippen molar-refractivity contribution in [3.05, 3.63) is 35.4 Å². The highest BCUT2D eigenvalue weighted by Crippen LogP contribution is 2.31. The molecule has 1 aliphatic heterocycles. The van der Waals surface area contributed by atoms with Crippen LogP contribution < -0.4 is 0 Å². The van der Waals surface area contributed by atoms with Crippen molar-refractivity contribution < 1.29 is 0 Å². The van der Waals surface area contributed by atoms with Crippen molar-refractivity contribution in [2.75, 3.05) is 11.5 Å². The van der Waals surface area contributed by atoms with Gasteiger partial charge in [-0.15, -0.1) is 0 Å². The molecule has 1 heterocycles. The molecule has 2 heteroatoms. The zero-order valence-corrected chi connectivity index (χ0v) is 8.89. The summed E-state index contributed by atoms with van der Waals surface area (Å²) in [6.07, 6.45) is 2.53. The van der Waals surface area contributed by atoms with Gasteiger partial charge in [-0.05, 0) is 48.0 Å². The van der Waals surface area contributed by atoms with E-state index < -0.39 is 0 Å². The van der Waals surface area contributed by atoms with Crippen LogP contribution in [0.3, 0.4) is 0 Å². The number of nitrogens with zero attached hydrogens (tertiary/aromatic N) is 1. The molecule has 0 saturated carbocycles. The molecule has 0 bridgehead atoms. The van der Waals surface area contributed by atoms with Gasteiger partial charge in [0, 0.05) is 0 Å². The monoisotopic (exact) mass is 203 g/mol. The van der Waals surface area contributed by atoms with Gasteiger partial charge < -0.3 is 0 Å². The van der Waals surface area contributed by atoms with Gasteiger partial charge in [0.25, 0.3) is 0 Å². The highest BCUT2D eigenvalue weighted by atomic mass is 32.2. The average Bonchev–Trinajstić information content (AvgIpc) is 2.30. The summed E-state index contributed by atoms with van der Waals surface area (Å²) < 4.78 is 0. The molecule has 1 nitrogen and oxygen atoms in total. The van der Waals surface area contributed by atoms with Crippen LogP contribution in [0.15, 0.2) is 24.3 Å². The molecule has 1 aromatic rings. The molecular weight excluding hydrogens is 190 g/mol. The first kappa shape index (κ1) is 9.61. The van der Waals surface area contributed by atoms with Gasteiger partial charge in [0.2, 0.25) is 0 Å². The Kier molecular flexibility index (Phi) is 3.10. The lowest BCUT2D eigenvalue weighted by atomic mass is 9.92. The second kappa shape index (κ2) is 4.52. The molecule has 0 spiro atoms. The smallest absolute Gasteiger partial charge is 0.0991 e. The molecule has 2 rings (SSSR count). The summed E-state index contributed by atoms with van der Waals surface area (Å²) in [6.45, 7) is 0. The van der Waals surface area contributed by atoms with Gasteiger partial charge in [-0.2, -0.15) is 17.0 Å². The van der Waals surface area contributed by atoms with E-state index in [1.54, 1.807) is 0 Å². The summed E-state index contributed by atoms with van der Waals surface area (Å²) in [7, 11) is 0. The third-order valence-corrected chi connectivity index (χ3v) is 3.76. The summed E-state index contributed by atoms with van der Waals surface area (Å²) in [4.78, 5) is 0. The van der Waals surface area contributed by atoms with Crippen molar-refractivity contribution in [1.82, 2.24) is 0 Å². The second-order valence-corrected chi connectivity index (χ2v) is 4.85. The molecule has 0 aliphatic carbocycles.